The molecule has 1 aromatic heterocycles. The zero-order valence-corrected chi connectivity index (χ0v) is 19.8. The van der Waals surface area contributed by atoms with Gasteiger partial charge in [0.2, 0.25) is 0 Å². The number of benzene rings is 2. The van der Waals surface area contributed by atoms with Gasteiger partial charge in [0, 0.05) is 42.7 Å². The number of carboxylic acids is 1. The first-order valence-electron chi connectivity index (χ1n) is 11.7. The van der Waals surface area contributed by atoms with Gasteiger partial charge in [0.25, 0.3) is 0 Å². The van der Waals surface area contributed by atoms with Gasteiger partial charge in [0.1, 0.15) is 11.4 Å². The molecule has 2 aromatic carbocycles. The highest BCUT2D eigenvalue weighted by Gasteiger charge is 2.26. The zero-order chi connectivity index (χ0) is 24.4. The second-order valence-corrected chi connectivity index (χ2v) is 8.98. The number of anilines is 2. The number of fused-ring (bicyclic) bond motifs is 1. The van der Waals surface area contributed by atoms with E-state index in [0.717, 1.165) is 24.0 Å². The second kappa shape index (κ2) is 9.71. The van der Waals surface area contributed by atoms with Gasteiger partial charge in [-0.3, -0.25) is 9.59 Å². The summed E-state index contributed by atoms with van der Waals surface area (Å²) in [6, 6.07) is 11.7. The molecule has 3 aromatic rings. The molecule has 2 heterocycles. The summed E-state index contributed by atoms with van der Waals surface area (Å²) in [5.74, 6) is -0.143. The molecule has 0 amide bonds. The van der Waals surface area contributed by atoms with Gasteiger partial charge in [-0.2, -0.15) is 0 Å². The van der Waals surface area contributed by atoms with E-state index in [-0.39, 0.29) is 23.0 Å². The largest absolute Gasteiger partial charge is 0.478 e. The molecule has 4 rings (SSSR count). The van der Waals surface area contributed by atoms with Gasteiger partial charge in [-0.1, -0.05) is 25.1 Å². The highest BCUT2D eigenvalue weighted by Crippen LogP contribution is 2.32. The van der Waals surface area contributed by atoms with Crippen molar-refractivity contribution in [3.63, 3.8) is 0 Å². The predicted octanol–water partition coefficient (Wildman–Crippen LogP) is 5.17. The van der Waals surface area contributed by atoms with Crippen LogP contribution in [0.2, 0.25) is 0 Å². The van der Waals surface area contributed by atoms with Crippen molar-refractivity contribution in [2.24, 2.45) is 5.92 Å². The standard InChI is InChI=1S/C27H30N2O5/c1-4-23(30)18-9-11-29(12-10-18)25-15-24(31)21-14-16(2)13-20(26(21)34-25)17(3)28-22-8-6-5-7-19(22)27(32)33/h5-8,13-15,17-18,28H,4,9-12H2,1-3H3,(H,32,33). The summed E-state index contributed by atoms with van der Waals surface area (Å²) in [5.41, 5.74) is 2.75. The number of carbonyl (C=O) groups excluding carboxylic acids is 1. The lowest BCUT2D eigenvalue weighted by Gasteiger charge is -2.31. The molecule has 1 saturated heterocycles. The summed E-state index contributed by atoms with van der Waals surface area (Å²) in [5, 5.41) is 13.3. The number of nitrogens with zero attached hydrogens (tertiary/aromatic N) is 1. The third-order valence-corrected chi connectivity index (χ3v) is 6.60. The molecular weight excluding hydrogens is 432 g/mol. The molecule has 1 atom stereocenters. The number of hydrogen-bond acceptors (Lipinski definition) is 6. The molecule has 1 unspecified atom stereocenters. The number of carbonyl (C=O) groups is 2. The van der Waals surface area contributed by atoms with Gasteiger partial charge < -0.3 is 19.7 Å². The van der Waals surface area contributed by atoms with Crippen molar-refractivity contribution < 1.29 is 19.1 Å². The fourth-order valence-corrected chi connectivity index (χ4v) is 4.72. The van der Waals surface area contributed by atoms with Gasteiger partial charge in [-0.15, -0.1) is 0 Å². The summed E-state index contributed by atoms with van der Waals surface area (Å²) >= 11 is 0. The average molecular weight is 463 g/mol. The van der Waals surface area contributed by atoms with Crippen molar-refractivity contribution in [3.05, 3.63) is 69.4 Å². The van der Waals surface area contributed by atoms with Gasteiger partial charge in [-0.25, -0.2) is 4.79 Å². The van der Waals surface area contributed by atoms with E-state index in [4.69, 9.17) is 4.42 Å². The first-order valence-corrected chi connectivity index (χ1v) is 11.7. The Kier molecular flexibility index (Phi) is 6.72. The Morgan fingerprint density at radius 1 is 1.18 bits per heavy atom. The normalized spacial score (nSPS) is 15.3. The number of piperidine rings is 1. The quantitative estimate of drug-likeness (QED) is 0.500. The SMILES string of the molecule is CCC(=O)C1CCN(c2cc(=O)c3cc(C)cc(C(C)Nc4ccccc4C(=O)O)c3o2)CC1. The highest BCUT2D eigenvalue weighted by molar-refractivity contribution is 5.94. The number of aryl methyl sites for hydroxylation is 1. The molecule has 1 fully saturated rings. The first-order chi connectivity index (χ1) is 16.3. The van der Waals surface area contributed by atoms with Crippen molar-refractivity contribution in [2.75, 3.05) is 23.3 Å². The summed E-state index contributed by atoms with van der Waals surface area (Å²) in [7, 11) is 0. The molecule has 0 bridgehead atoms. The van der Waals surface area contributed by atoms with Crippen LogP contribution in [0.4, 0.5) is 11.6 Å². The molecule has 7 nitrogen and oxygen atoms in total. The molecule has 1 aliphatic rings. The fraction of sp³-hybridized carbons (Fsp3) is 0.370. The maximum absolute atomic E-state index is 13.1. The van der Waals surface area contributed by atoms with Crippen LogP contribution in [0.25, 0.3) is 11.0 Å². The molecule has 0 spiro atoms. The Morgan fingerprint density at radius 3 is 2.56 bits per heavy atom. The minimum absolute atomic E-state index is 0.0742. The Labute approximate surface area is 198 Å². The maximum Gasteiger partial charge on any atom is 0.337 e. The van der Waals surface area contributed by atoms with Crippen LogP contribution >= 0.6 is 0 Å². The maximum atomic E-state index is 13.1. The van der Waals surface area contributed by atoms with E-state index < -0.39 is 5.97 Å². The third-order valence-electron chi connectivity index (χ3n) is 6.60. The number of carboxylic acid groups (broad SMARTS) is 1. The van der Waals surface area contributed by atoms with Crippen LogP contribution in [0, 0.1) is 12.8 Å². The summed E-state index contributed by atoms with van der Waals surface area (Å²) in [4.78, 5) is 38.8. The summed E-state index contributed by atoms with van der Waals surface area (Å²) in [6.07, 6.45) is 2.05. The minimum atomic E-state index is -1.01. The van der Waals surface area contributed by atoms with Gasteiger partial charge in [-0.05, 0) is 50.5 Å². The van der Waals surface area contributed by atoms with Crippen LogP contribution in [0.1, 0.15) is 60.6 Å². The summed E-state index contributed by atoms with van der Waals surface area (Å²) in [6.45, 7) is 7.05. The van der Waals surface area contributed by atoms with E-state index in [1.807, 2.05) is 37.8 Å². The second-order valence-electron chi connectivity index (χ2n) is 8.98. The van der Waals surface area contributed by atoms with Crippen LogP contribution < -0.4 is 15.6 Å². The molecule has 178 valence electrons. The lowest BCUT2D eigenvalue weighted by atomic mass is 9.91. The number of ketones is 1. The molecular formula is C27H30N2O5. The lowest BCUT2D eigenvalue weighted by molar-refractivity contribution is -0.123. The van der Waals surface area contributed by atoms with Crippen LogP contribution in [-0.4, -0.2) is 29.9 Å². The molecule has 0 radical (unpaired) electrons. The summed E-state index contributed by atoms with van der Waals surface area (Å²) < 4.78 is 6.31. The molecule has 7 heteroatoms. The lowest BCUT2D eigenvalue weighted by Crippen LogP contribution is -2.36. The Hall–Kier alpha value is -3.61. The molecule has 1 aliphatic heterocycles. The highest BCUT2D eigenvalue weighted by atomic mass is 16.4. The van der Waals surface area contributed by atoms with Crippen molar-refractivity contribution in [3.8, 4) is 0 Å². The van der Waals surface area contributed by atoms with Crippen molar-refractivity contribution in [1.82, 2.24) is 0 Å². The topological polar surface area (TPSA) is 99.9 Å². The van der Waals surface area contributed by atoms with E-state index in [0.29, 0.717) is 47.8 Å². The smallest absolute Gasteiger partial charge is 0.337 e. The monoisotopic (exact) mass is 462 g/mol. The number of aromatic carboxylic acids is 1. The number of rotatable bonds is 7. The molecule has 34 heavy (non-hydrogen) atoms. The van der Waals surface area contributed by atoms with Gasteiger partial charge in [0.15, 0.2) is 11.3 Å². The number of hydrogen-bond donors (Lipinski definition) is 2. The number of para-hydroxylation sites is 1. The van der Waals surface area contributed by atoms with Crippen LogP contribution in [0.5, 0.6) is 0 Å². The first kappa shape index (κ1) is 23.5. The predicted molar refractivity (Wildman–Crippen MR) is 133 cm³/mol. The number of Topliss-reactive ketones (excluding diaryl/α,β-unsaturated/α-hetero) is 1. The number of nitrogens with one attached hydrogen (secondary N) is 1. The van der Waals surface area contributed by atoms with Crippen molar-refractivity contribution >= 4 is 34.3 Å². The van der Waals surface area contributed by atoms with Crippen LogP contribution in [0.3, 0.4) is 0 Å². The van der Waals surface area contributed by atoms with E-state index in [9.17, 15) is 19.5 Å². The minimum Gasteiger partial charge on any atom is -0.478 e. The van der Waals surface area contributed by atoms with E-state index in [2.05, 4.69) is 5.32 Å². The average Bonchev–Trinajstić information content (AvgIpc) is 2.83. The van der Waals surface area contributed by atoms with Crippen molar-refractivity contribution in [1.29, 1.82) is 0 Å². The van der Waals surface area contributed by atoms with Crippen molar-refractivity contribution in [2.45, 2.75) is 46.1 Å². The van der Waals surface area contributed by atoms with Crippen LogP contribution in [-0.2, 0) is 4.79 Å². The molecule has 2 N–H and O–H groups in total. The van der Waals surface area contributed by atoms with E-state index in [1.165, 1.54) is 6.07 Å². The molecule has 0 aliphatic carbocycles. The zero-order valence-electron chi connectivity index (χ0n) is 19.8. The third kappa shape index (κ3) is 4.69. The van der Waals surface area contributed by atoms with E-state index >= 15 is 0 Å². The van der Waals surface area contributed by atoms with Crippen LogP contribution in [0.15, 0.2) is 51.7 Å². The Bertz CT molecular complexity index is 1290. The Balaban J connectivity index is 1.69. The van der Waals surface area contributed by atoms with Gasteiger partial charge in [0.05, 0.1) is 17.0 Å². The van der Waals surface area contributed by atoms with Gasteiger partial charge >= 0.3 is 5.97 Å². The molecule has 0 saturated carbocycles. The fourth-order valence-electron chi connectivity index (χ4n) is 4.72. The Morgan fingerprint density at radius 2 is 1.88 bits per heavy atom. The van der Waals surface area contributed by atoms with E-state index in [1.54, 1.807) is 24.3 Å².